The Kier molecular flexibility index (Phi) is 5.88. The molecule has 0 atom stereocenters. The van der Waals surface area contributed by atoms with Gasteiger partial charge in [0.15, 0.2) is 5.06 Å². The van der Waals surface area contributed by atoms with E-state index < -0.39 is 5.91 Å². The molecule has 1 aromatic heterocycles. The zero-order valence-electron chi connectivity index (χ0n) is 13.8. The number of hydrogen-bond donors (Lipinski definition) is 2. The Morgan fingerprint density at radius 2 is 1.92 bits per heavy atom. The minimum Gasteiger partial charge on any atom is -0.447 e. The van der Waals surface area contributed by atoms with Crippen molar-refractivity contribution in [3.8, 4) is 10.8 Å². The van der Waals surface area contributed by atoms with E-state index in [0.29, 0.717) is 9.94 Å². The Bertz CT molecular complexity index is 660. The summed E-state index contributed by atoms with van der Waals surface area (Å²) in [6.07, 6.45) is 6.94. The first-order valence-corrected chi connectivity index (χ1v) is 9.39. The Balaban J connectivity index is 1.43. The smallest absolute Gasteiger partial charge is 0.258 e. The molecular formula is C19H24N2O2S. The molecule has 128 valence electrons. The van der Waals surface area contributed by atoms with Crippen LogP contribution in [0.25, 0.3) is 0 Å². The van der Waals surface area contributed by atoms with E-state index in [1.165, 1.54) is 49.0 Å². The number of hydrogen-bond acceptors (Lipinski definition) is 4. The SMILES string of the molecule is NC(=O)c1ccc(Oc2ccc(CNCCC3CCCC3)cc2)s1. The molecule has 1 aliphatic carbocycles. The number of thiophene rings is 1. The van der Waals surface area contributed by atoms with Crippen molar-refractivity contribution in [2.75, 3.05) is 6.54 Å². The number of carbonyl (C=O) groups is 1. The van der Waals surface area contributed by atoms with Crippen LogP contribution in [-0.2, 0) is 6.54 Å². The monoisotopic (exact) mass is 344 g/mol. The second-order valence-corrected chi connectivity index (χ2v) is 7.39. The second kappa shape index (κ2) is 8.31. The van der Waals surface area contributed by atoms with E-state index in [1.54, 1.807) is 12.1 Å². The molecule has 1 aromatic carbocycles. The minimum atomic E-state index is -0.422. The van der Waals surface area contributed by atoms with Gasteiger partial charge >= 0.3 is 0 Å². The maximum absolute atomic E-state index is 11.1. The minimum absolute atomic E-state index is 0.422. The molecule has 0 unspecified atom stereocenters. The lowest BCUT2D eigenvalue weighted by molar-refractivity contribution is 0.100. The highest BCUT2D eigenvalue weighted by Gasteiger charge is 2.13. The number of carbonyl (C=O) groups excluding carboxylic acids is 1. The van der Waals surface area contributed by atoms with Gasteiger partial charge in [-0.2, -0.15) is 0 Å². The van der Waals surface area contributed by atoms with Crippen LogP contribution in [0.4, 0.5) is 0 Å². The number of rotatable bonds is 8. The van der Waals surface area contributed by atoms with Gasteiger partial charge in [0.2, 0.25) is 0 Å². The standard InChI is InChI=1S/C19H24N2O2S/c20-19(22)17-9-10-18(24-17)23-16-7-5-15(6-8-16)13-21-12-11-14-3-1-2-4-14/h5-10,14,21H,1-4,11-13H2,(H2,20,22). The maximum Gasteiger partial charge on any atom is 0.258 e. The highest BCUT2D eigenvalue weighted by molar-refractivity contribution is 7.15. The Labute approximate surface area is 147 Å². The Morgan fingerprint density at radius 3 is 2.58 bits per heavy atom. The van der Waals surface area contributed by atoms with Gasteiger partial charge in [-0.25, -0.2) is 0 Å². The van der Waals surface area contributed by atoms with Crippen LogP contribution in [0.1, 0.15) is 47.3 Å². The van der Waals surface area contributed by atoms with Crippen LogP contribution in [0.3, 0.4) is 0 Å². The fourth-order valence-electron chi connectivity index (χ4n) is 3.14. The third-order valence-electron chi connectivity index (χ3n) is 4.50. The van der Waals surface area contributed by atoms with Crippen LogP contribution in [0, 0.1) is 5.92 Å². The van der Waals surface area contributed by atoms with Gasteiger partial charge in [-0.15, -0.1) is 0 Å². The summed E-state index contributed by atoms with van der Waals surface area (Å²) in [5, 5.41) is 4.20. The quantitative estimate of drug-likeness (QED) is 0.701. The number of ether oxygens (including phenoxy) is 1. The molecule has 5 heteroatoms. The highest BCUT2D eigenvalue weighted by Crippen LogP contribution is 2.29. The third kappa shape index (κ3) is 4.82. The molecule has 24 heavy (non-hydrogen) atoms. The molecule has 1 fully saturated rings. The van der Waals surface area contributed by atoms with Gasteiger partial charge in [0.05, 0.1) is 4.88 Å². The number of primary amides is 1. The van der Waals surface area contributed by atoms with Gasteiger partial charge in [0, 0.05) is 6.54 Å². The summed E-state index contributed by atoms with van der Waals surface area (Å²) in [4.78, 5) is 11.6. The van der Waals surface area contributed by atoms with Crippen LogP contribution in [-0.4, -0.2) is 12.5 Å². The van der Waals surface area contributed by atoms with Crippen LogP contribution in [0.15, 0.2) is 36.4 Å². The van der Waals surface area contributed by atoms with E-state index in [1.807, 2.05) is 12.1 Å². The fraction of sp³-hybridized carbons (Fsp3) is 0.421. The summed E-state index contributed by atoms with van der Waals surface area (Å²) in [5.41, 5.74) is 6.49. The first kappa shape index (κ1) is 17.0. The zero-order chi connectivity index (χ0) is 16.8. The van der Waals surface area contributed by atoms with Crippen molar-refractivity contribution < 1.29 is 9.53 Å². The number of nitrogens with two attached hydrogens (primary N) is 1. The lowest BCUT2D eigenvalue weighted by atomic mass is 10.0. The van der Waals surface area contributed by atoms with E-state index >= 15 is 0 Å². The topological polar surface area (TPSA) is 64.4 Å². The van der Waals surface area contributed by atoms with Gasteiger partial charge in [0.1, 0.15) is 5.75 Å². The van der Waals surface area contributed by atoms with E-state index in [4.69, 9.17) is 10.5 Å². The Morgan fingerprint density at radius 1 is 1.17 bits per heavy atom. The predicted octanol–water partition coefficient (Wildman–Crippen LogP) is 4.31. The van der Waals surface area contributed by atoms with Crippen molar-refractivity contribution in [3.05, 3.63) is 46.8 Å². The largest absolute Gasteiger partial charge is 0.447 e. The van der Waals surface area contributed by atoms with Gasteiger partial charge in [-0.1, -0.05) is 49.2 Å². The normalized spacial score (nSPS) is 14.8. The molecule has 4 nitrogen and oxygen atoms in total. The van der Waals surface area contributed by atoms with E-state index in [-0.39, 0.29) is 0 Å². The molecule has 0 spiro atoms. The molecule has 0 bridgehead atoms. The lowest BCUT2D eigenvalue weighted by Gasteiger charge is -2.10. The summed E-state index contributed by atoms with van der Waals surface area (Å²) < 4.78 is 5.75. The molecule has 1 saturated carbocycles. The molecule has 1 amide bonds. The van der Waals surface area contributed by atoms with Crippen LogP contribution < -0.4 is 15.8 Å². The highest BCUT2D eigenvalue weighted by atomic mass is 32.1. The van der Waals surface area contributed by atoms with Crippen molar-refractivity contribution in [1.29, 1.82) is 0 Å². The first-order valence-electron chi connectivity index (χ1n) is 8.58. The number of nitrogens with one attached hydrogen (secondary N) is 1. The van der Waals surface area contributed by atoms with Gasteiger partial charge < -0.3 is 15.8 Å². The lowest BCUT2D eigenvalue weighted by Crippen LogP contribution is -2.16. The summed E-state index contributed by atoms with van der Waals surface area (Å²) in [6, 6.07) is 11.5. The summed E-state index contributed by atoms with van der Waals surface area (Å²) in [6.45, 7) is 1.98. The van der Waals surface area contributed by atoms with Gasteiger partial charge in [-0.05, 0) is 48.7 Å². The average Bonchev–Trinajstić information content (AvgIpc) is 3.25. The van der Waals surface area contributed by atoms with Gasteiger partial charge in [0.25, 0.3) is 5.91 Å². The average molecular weight is 344 g/mol. The summed E-state index contributed by atoms with van der Waals surface area (Å²) in [5.74, 6) is 1.28. The fourth-order valence-corrected chi connectivity index (χ4v) is 3.86. The summed E-state index contributed by atoms with van der Waals surface area (Å²) in [7, 11) is 0. The third-order valence-corrected chi connectivity index (χ3v) is 5.48. The van der Waals surface area contributed by atoms with Crippen molar-refractivity contribution in [3.63, 3.8) is 0 Å². The molecule has 3 rings (SSSR count). The van der Waals surface area contributed by atoms with Crippen molar-refractivity contribution in [2.24, 2.45) is 11.7 Å². The number of benzene rings is 1. The molecule has 0 saturated heterocycles. The van der Waals surface area contributed by atoms with Crippen LogP contribution >= 0.6 is 11.3 Å². The Hall–Kier alpha value is -1.85. The summed E-state index contributed by atoms with van der Waals surface area (Å²) >= 11 is 1.26. The van der Waals surface area contributed by atoms with Crippen LogP contribution in [0.5, 0.6) is 10.8 Å². The molecule has 0 aliphatic heterocycles. The van der Waals surface area contributed by atoms with Crippen LogP contribution in [0.2, 0.25) is 0 Å². The van der Waals surface area contributed by atoms with Crippen molar-refractivity contribution >= 4 is 17.2 Å². The molecule has 1 aliphatic rings. The number of amides is 1. The molecular weight excluding hydrogens is 320 g/mol. The zero-order valence-corrected chi connectivity index (χ0v) is 14.6. The molecule has 0 radical (unpaired) electrons. The molecule has 1 heterocycles. The second-order valence-electron chi connectivity index (χ2n) is 6.34. The van der Waals surface area contributed by atoms with Gasteiger partial charge in [-0.3, -0.25) is 4.79 Å². The van der Waals surface area contributed by atoms with Crippen molar-refractivity contribution in [1.82, 2.24) is 5.32 Å². The molecule has 3 N–H and O–H groups in total. The maximum atomic E-state index is 11.1. The van der Waals surface area contributed by atoms with E-state index in [9.17, 15) is 4.79 Å². The first-order chi connectivity index (χ1) is 11.7. The predicted molar refractivity (Wildman–Crippen MR) is 97.6 cm³/mol. The van der Waals surface area contributed by atoms with E-state index in [2.05, 4.69) is 17.4 Å². The molecule has 2 aromatic rings. The van der Waals surface area contributed by atoms with E-state index in [0.717, 1.165) is 24.8 Å². The van der Waals surface area contributed by atoms with Crippen molar-refractivity contribution in [2.45, 2.75) is 38.6 Å².